The predicted molar refractivity (Wildman–Crippen MR) is 80.0 cm³/mol. The van der Waals surface area contributed by atoms with Gasteiger partial charge in [-0.15, -0.1) is 0 Å². The molecule has 2 saturated heterocycles. The molecule has 4 nitrogen and oxygen atoms in total. The van der Waals surface area contributed by atoms with E-state index in [-0.39, 0.29) is 6.10 Å². The Labute approximate surface area is 125 Å². The summed E-state index contributed by atoms with van der Waals surface area (Å²) in [6.45, 7) is 1.96. The molecular formula is C15H24ClN3O. The minimum Gasteiger partial charge on any atom is -0.392 e. The molecule has 3 unspecified atom stereocenters. The lowest BCUT2D eigenvalue weighted by Gasteiger charge is -2.38. The molecule has 0 amide bonds. The lowest BCUT2D eigenvalue weighted by Crippen LogP contribution is -2.43. The summed E-state index contributed by atoms with van der Waals surface area (Å²) in [6, 6.07) is 1.33. The molecule has 0 aliphatic carbocycles. The Hall–Kier alpha value is -0.580. The highest BCUT2D eigenvalue weighted by molar-refractivity contribution is 6.30. The van der Waals surface area contributed by atoms with Crippen LogP contribution in [0.25, 0.3) is 0 Å². The van der Waals surface area contributed by atoms with Crippen LogP contribution in [0.3, 0.4) is 0 Å². The van der Waals surface area contributed by atoms with Gasteiger partial charge in [0.05, 0.1) is 11.8 Å². The molecule has 112 valence electrons. The molecule has 1 aromatic heterocycles. The molecule has 1 aromatic rings. The van der Waals surface area contributed by atoms with Crippen LogP contribution in [0, 0.1) is 12.8 Å². The average Bonchev–Trinajstić information content (AvgIpc) is 2.76. The topological polar surface area (TPSA) is 41.3 Å². The molecule has 3 rings (SSSR count). The van der Waals surface area contributed by atoms with Gasteiger partial charge in [-0.2, -0.15) is 5.10 Å². The van der Waals surface area contributed by atoms with Crippen molar-refractivity contribution in [3.8, 4) is 0 Å². The summed E-state index contributed by atoms with van der Waals surface area (Å²) in [5.41, 5.74) is 1.94. The lowest BCUT2D eigenvalue weighted by molar-refractivity contribution is 0.0367. The normalized spacial score (nSPS) is 31.8. The maximum Gasteiger partial charge on any atom is 0.130 e. The third kappa shape index (κ3) is 2.38. The minimum atomic E-state index is -0.299. The molecule has 2 aliphatic rings. The van der Waals surface area contributed by atoms with E-state index in [1.54, 1.807) is 4.68 Å². The number of aliphatic hydroxyl groups is 1. The van der Waals surface area contributed by atoms with Gasteiger partial charge in [0.15, 0.2) is 0 Å². The number of nitrogens with zero attached hydrogens (tertiary/aromatic N) is 3. The van der Waals surface area contributed by atoms with Crippen molar-refractivity contribution in [2.45, 2.75) is 57.2 Å². The Balaban J connectivity index is 1.69. The van der Waals surface area contributed by atoms with Crippen LogP contribution >= 0.6 is 11.6 Å². The van der Waals surface area contributed by atoms with E-state index in [4.69, 9.17) is 11.6 Å². The fourth-order valence-corrected chi connectivity index (χ4v) is 4.30. The first-order chi connectivity index (χ1) is 9.47. The number of hydrogen-bond acceptors (Lipinski definition) is 3. The summed E-state index contributed by atoms with van der Waals surface area (Å²) in [5, 5.41) is 15.6. The molecule has 1 N–H and O–H groups in total. The molecule has 3 heterocycles. The molecule has 0 spiro atoms. The van der Waals surface area contributed by atoms with E-state index in [1.807, 2.05) is 14.0 Å². The van der Waals surface area contributed by atoms with Gasteiger partial charge in [0.25, 0.3) is 0 Å². The largest absolute Gasteiger partial charge is 0.392 e. The lowest BCUT2D eigenvalue weighted by atomic mass is 9.84. The first-order valence-corrected chi connectivity index (χ1v) is 7.93. The number of fused-ring (bicyclic) bond motifs is 2. The summed E-state index contributed by atoms with van der Waals surface area (Å²) in [6.07, 6.45) is 5.14. The van der Waals surface area contributed by atoms with E-state index in [2.05, 4.69) is 17.0 Å². The van der Waals surface area contributed by atoms with Crippen LogP contribution in [-0.2, 0) is 13.5 Å². The van der Waals surface area contributed by atoms with Crippen LogP contribution < -0.4 is 0 Å². The highest BCUT2D eigenvalue weighted by atomic mass is 35.5. The summed E-state index contributed by atoms with van der Waals surface area (Å²) < 4.78 is 1.69. The van der Waals surface area contributed by atoms with Crippen molar-refractivity contribution < 1.29 is 5.11 Å². The molecule has 3 atom stereocenters. The fraction of sp³-hybridized carbons (Fsp3) is 0.800. The Kier molecular flexibility index (Phi) is 3.82. The van der Waals surface area contributed by atoms with E-state index in [0.717, 1.165) is 24.1 Å². The molecule has 0 saturated carbocycles. The highest BCUT2D eigenvalue weighted by Gasteiger charge is 2.40. The first kappa shape index (κ1) is 14.4. The van der Waals surface area contributed by atoms with Gasteiger partial charge in [0.1, 0.15) is 5.15 Å². The molecule has 0 aromatic carbocycles. The number of rotatable bonds is 3. The molecule has 2 fully saturated rings. The van der Waals surface area contributed by atoms with Crippen LogP contribution in [0.1, 0.15) is 36.9 Å². The maximum atomic E-state index is 10.6. The summed E-state index contributed by atoms with van der Waals surface area (Å²) in [7, 11) is 4.08. The number of aromatic nitrogens is 2. The minimum absolute atomic E-state index is 0.299. The van der Waals surface area contributed by atoms with E-state index in [0.29, 0.717) is 29.6 Å². The highest BCUT2D eigenvalue weighted by Crippen LogP contribution is 2.39. The van der Waals surface area contributed by atoms with Gasteiger partial charge in [0.2, 0.25) is 0 Å². The van der Waals surface area contributed by atoms with Crippen LogP contribution in [0.2, 0.25) is 5.15 Å². The monoisotopic (exact) mass is 297 g/mol. The van der Waals surface area contributed by atoms with E-state index in [1.165, 1.54) is 12.8 Å². The molecule has 20 heavy (non-hydrogen) atoms. The maximum absolute atomic E-state index is 10.6. The summed E-state index contributed by atoms with van der Waals surface area (Å²) >= 11 is 6.27. The van der Waals surface area contributed by atoms with Gasteiger partial charge in [0, 0.05) is 31.1 Å². The van der Waals surface area contributed by atoms with Gasteiger partial charge in [-0.25, -0.2) is 0 Å². The Bertz CT molecular complexity index is 488. The van der Waals surface area contributed by atoms with Gasteiger partial charge in [-0.3, -0.25) is 4.68 Å². The second-order valence-corrected chi connectivity index (χ2v) is 6.89. The van der Waals surface area contributed by atoms with Gasteiger partial charge >= 0.3 is 0 Å². The molecule has 5 heteroatoms. The second-order valence-electron chi connectivity index (χ2n) is 6.53. The zero-order valence-corrected chi connectivity index (χ0v) is 13.3. The number of aryl methyl sites for hydroxylation is 2. The Morgan fingerprint density at radius 2 is 1.90 bits per heavy atom. The predicted octanol–water partition coefficient (Wildman–Crippen LogP) is 2.16. The Morgan fingerprint density at radius 3 is 2.40 bits per heavy atom. The van der Waals surface area contributed by atoms with Crippen molar-refractivity contribution >= 4 is 11.6 Å². The second kappa shape index (κ2) is 5.32. The van der Waals surface area contributed by atoms with Crippen LogP contribution in [0.5, 0.6) is 0 Å². The Morgan fingerprint density at radius 1 is 1.30 bits per heavy atom. The van der Waals surface area contributed by atoms with Crippen molar-refractivity contribution in [2.75, 3.05) is 7.05 Å². The molecule has 2 aliphatic heterocycles. The number of halogens is 1. The zero-order chi connectivity index (χ0) is 14.4. The van der Waals surface area contributed by atoms with Crippen molar-refractivity contribution in [1.82, 2.24) is 14.7 Å². The van der Waals surface area contributed by atoms with Crippen molar-refractivity contribution in [3.63, 3.8) is 0 Å². The van der Waals surface area contributed by atoms with Crippen molar-refractivity contribution in [3.05, 3.63) is 16.4 Å². The molecular weight excluding hydrogens is 274 g/mol. The third-order valence-corrected chi connectivity index (χ3v) is 5.83. The quantitative estimate of drug-likeness (QED) is 0.929. The van der Waals surface area contributed by atoms with E-state index in [9.17, 15) is 5.11 Å². The van der Waals surface area contributed by atoms with Gasteiger partial charge < -0.3 is 10.0 Å². The van der Waals surface area contributed by atoms with Crippen LogP contribution in [-0.4, -0.2) is 45.0 Å². The van der Waals surface area contributed by atoms with Gasteiger partial charge in [-0.1, -0.05) is 11.6 Å². The summed E-state index contributed by atoms with van der Waals surface area (Å²) in [5.74, 6) is 0.402. The number of piperidine rings is 1. The summed E-state index contributed by atoms with van der Waals surface area (Å²) in [4.78, 5) is 2.51. The van der Waals surface area contributed by atoms with Crippen molar-refractivity contribution in [1.29, 1.82) is 0 Å². The number of hydrogen-bond donors (Lipinski definition) is 1. The third-order valence-electron chi connectivity index (χ3n) is 5.36. The molecule has 0 radical (unpaired) electrons. The zero-order valence-electron chi connectivity index (χ0n) is 12.5. The first-order valence-electron chi connectivity index (χ1n) is 7.55. The average molecular weight is 298 g/mol. The molecule has 2 bridgehead atoms. The standard InChI is InChI=1S/C15H24ClN3O/c1-9-13(15(16)19(3)17-9)8-14(20)10-6-11-4-5-12(7-10)18(11)2/h10-12,14,20H,4-8H2,1-3H3. The van der Waals surface area contributed by atoms with Crippen molar-refractivity contribution in [2.24, 2.45) is 13.0 Å². The SMILES string of the molecule is Cc1nn(C)c(Cl)c1CC(O)C1CC2CCC(C1)N2C. The van der Waals surface area contributed by atoms with Crippen LogP contribution in [0.15, 0.2) is 0 Å². The van der Waals surface area contributed by atoms with E-state index < -0.39 is 0 Å². The van der Waals surface area contributed by atoms with Gasteiger partial charge in [-0.05, 0) is 45.6 Å². The smallest absolute Gasteiger partial charge is 0.130 e. The fourth-order valence-electron chi connectivity index (χ4n) is 4.05. The van der Waals surface area contributed by atoms with Crippen LogP contribution in [0.4, 0.5) is 0 Å². The number of aliphatic hydroxyl groups excluding tert-OH is 1. The van der Waals surface area contributed by atoms with E-state index >= 15 is 0 Å².